The van der Waals surface area contributed by atoms with Crippen molar-refractivity contribution in [2.75, 3.05) is 18.6 Å². The first-order valence-corrected chi connectivity index (χ1v) is 8.33. The molecule has 0 unspecified atom stereocenters. The van der Waals surface area contributed by atoms with Gasteiger partial charge in [0.05, 0.1) is 16.4 Å². The van der Waals surface area contributed by atoms with Crippen molar-refractivity contribution in [2.45, 2.75) is 12.5 Å². The topological polar surface area (TPSA) is 97.6 Å². The maximum atomic E-state index is 12.3. The van der Waals surface area contributed by atoms with Gasteiger partial charge < -0.3 is 4.90 Å². The number of nitro groups is 1. The van der Waals surface area contributed by atoms with E-state index in [2.05, 4.69) is 0 Å². The molecule has 1 amide bonds. The van der Waals surface area contributed by atoms with Gasteiger partial charge in [-0.1, -0.05) is 11.6 Å². The summed E-state index contributed by atoms with van der Waals surface area (Å²) < 4.78 is 22.9. The van der Waals surface area contributed by atoms with Crippen molar-refractivity contribution in [3.63, 3.8) is 0 Å². The summed E-state index contributed by atoms with van der Waals surface area (Å²) in [5.74, 6) is -0.488. The predicted octanol–water partition coefficient (Wildman–Crippen LogP) is 1.51. The van der Waals surface area contributed by atoms with Gasteiger partial charge in [0.25, 0.3) is 11.6 Å². The van der Waals surface area contributed by atoms with Crippen molar-refractivity contribution >= 4 is 33.0 Å². The van der Waals surface area contributed by atoms with Gasteiger partial charge in [0, 0.05) is 24.7 Å². The molecule has 114 valence electrons. The molecule has 1 aliphatic heterocycles. The predicted molar refractivity (Wildman–Crippen MR) is 77.3 cm³/mol. The Balaban J connectivity index is 2.24. The van der Waals surface area contributed by atoms with Crippen LogP contribution in [-0.2, 0) is 9.84 Å². The molecule has 0 aromatic heterocycles. The zero-order valence-electron chi connectivity index (χ0n) is 11.2. The van der Waals surface area contributed by atoms with Crippen molar-refractivity contribution in [1.29, 1.82) is 0 Å². The molecule has 21 heavy (non-hydrogen) atoms. The Hall–Kier alpha value is -1.67. The average molecular weight is 333 g/mol. The molecule has 1 fully saturated rings. The van der Waals surface area contributed by atoms with Crippen molar-refractivity contribution in [3.05, 3.63) is 38.9 Å². The monoisotopic (exact) mass is 332 g/mol. The molecule has 0 N–H and O–H groups in total. The van der Waals surface area contributed by atoms with Crippen LogP contribution in [0.4, 0.5) is 5.69 Å². The number of sulfone groups is 1. The first-order chi connectivity index (χ1) is 9.71. The number of benzene rings is 1. The minimum Gasteiger partial charge on any atom is -0.338 e. The molecule has 0 spiro atoms. The molecule has 0 radical (unpaired) electrons. The third kappa shape index (κ3) is 3.33. The summed E-state index contributed by atoms with van der Waals surface area (Å²) >= 11 is 5.69. The summed E-state index contributed by atoms with van der Waals surface area (Å²) in [6.07, 6.45) is 0.375. The molecule has 9 heteroatoms. The van der Waals surface area contributed by atoms with Crippen LogP contribution >= 0.6 is 11.6 Å². The normalized spacial score (nSPS) is 20.2. The van der Waals surface area contributed by atoms with E-state index in [1.54, 1.807) is 0 Å². The summed E-state index contributed by atoms with van der Waals surface area (Å²) in [5, 5.41) is 10.8. The van der Waals surface area contributed by atoms with E-state index in [1.165, 1.54) is 24.1 Å². The maximum Gasteiger partial charge on any atom is 0.288 e. The smallest absolute Gasteiger partial charge is 0.288 e. The maximum absolute atomic E-state index is 12.3. The van der Waals surface area contributed by atoms with E-state index >= 15 is 0 Å². The molecule has 0 aliphatic carbocycles. The van der Waals surface area contributed by atoms with Crippen LogP contribution in [0.25, 0.3) is 0 Å². The standard InChI is InChI=1S/C12H13ClN2O5S/c1-14(9-4-5-21(19,20)7-9)12(16)8-2-3-10(13)11(6-8)15(17)18/h2-3,6,9H,4-5,7H2,1H3/t9-/m0/s1. The number of hydrogen-bond donors (Lipinski definition) is 0. The fraction of sp³-hybridized carbons (Fsp3) is 0.417. The molecule has 1 atom stereocenters. The van der Waals surface area contributed by atoms with Crippen LogP contribution in [0.2, 0.25) is 5.02 Å². The molecule has 1 heterocycles. The molecule has 1 saturated heterocycles. The third-order valence-corrected chi connectivity index (χ3v) is 5.54. The minimum absolute atomic E-state index is 0.0516. The van der Waals surface area contributed by atoms with E-state index in [0.717, 1.165) is 6.07 Å². The molecule has 1 aromatic carbocycles. The van der Waals surface area contributed by atoms with Crippen LogP contribution in [-0.4, -0.2) is 48.7 Å². The van der Waals surface area contributed by atoms with Crippen LogP contribution in [0, 0.1) is 10.1 Å². The molecule has 1 aromatic rings. The number of rotatable bonds is 3. The van der Waals surface area contributed by atoms with E-state index < -0.39 is 26.7 Å². The van der Waals surface area contributed by atoms with E-state index in [1.807, 2.05) is 0 Å². The summed E-state index contributed by atoms with van der Waals surface area (Å²) in [4.78, 5) is 23.8. The lowest BCUT2D eigenvalue weighted by Crippen LogP contribution is -2.37. The van der Waals surface area contributed by atoms with Crippen molar-refractivity contribution in [2.24, 2.45) is 0 Å². The van der Waals surface area contributed by atoms with Gasteiger partial charge >= 0.3 is 0 Å². The Bertz CT molecular complexity index is 704. The lowest BCUT2D eigenvalue weighted by Gasteiger charge is -2.23. The zero-order valence-corrected chi connectivity index (χ0v) is 12.7. The van der Waals surface area contributed by atoms with Crippen LogP contribution in [0.5, 0.6) is 0 Å². The quantitative estimate of drug-likeness (QED) is 0.617. The Labute approximate surface area is 126 Å². The van der Waals surface area contributed by atoms with Gasteiger partial charge in [-0.05, 0) is 18.6 Å². The molecule has 2 rings (SSSR count). The third-order valence-electron chi connectivity index (χ3n) is 3.47. The largest absolute Gasteiger partial charge is 0.338 e. The molecule has 1 aliphatic rings. The number of amides is 1. The number of halogens is 1. The van der Waals surface area contributed by atoms with Gasteiger partial charge in [-0.15, -0.1) is 0 Å². The van der Waals surface area contributed by atoms with E-state index in [4.69, 9.17) is 11.6 Å². The Morgan fingerprint density at radius 2 is 2.14 bits per heavy atom. The van der Waals surface area contributed by atoms with Crippen molar-refractivity contribution in [1.82, 2.24) is 4.90 Å². The van der Waals surface area contributed by atoms with E-state index in [9.17, 15) is 23.3 Å². The fourth-order valence-corrected chi connectivity index (χ4v) is 4.20. The second kappa shape index (κ2) is 5.61. The van der Waals surface area contributed by atoms with E-state index in [0.29, 0.717) is 6.42 Å². The lowest BCUT2D eigenvalue weighted by molar-refractivity contribution is -0.384. The number of nitrogens with zero attached hydrogens (tertiary/aromatic N) is 2. The van der Waals surface area contributed by atoms with Gasteiger partial charge in [0.1, 0.15) is 5.02 Å². The first kappa shape index (κ1) is 15.7. The summed E-state index contributed by atoms with van der Waals surface area (Å²) in [7, 11) is -1.61. The van der Waals surface area contributed by atoms with Gasteiger partial charge in [0.15, 0.2) is 9.84 Å². The van der Waals surface area contributed by atoms with Gasteiger partial charge in [-0.25, -0.2) is 8.42 Å². The highest BCUT2D eigenvalue weighted by Gasteiger charge is 2.33. The van der Waals surface area contributed by atoms with Crippen LogP contribution < -0.4 is 0 Å². The Kier molecular flexibility index (Phi) is 4.20. The lowest BCUT2D eigenvalue weighted by atomic mass is 10.1. The van der Waals surface area contributed by atoms with Gasteiger partial charge in [-0.3, -0.25) is 14.9 Å². The molecular formula is C12H13ClN2O5S. The zero-order chi connectivity index (χ0) is 15.8. The summed E-state index contributed by atoms with van der Waals surface area (Å²) in [5.41, 5.74) is -0.243. The highest BCUT2D eigenvalue weighted by atomic mass is 35.5. The minimum atomic E-state index is -3.11. The summed E-state index contributed by atoms with van der Waals surface area (Å²) in [6, 6.07) is 3.37. The molecular weight excluding hydrogens is 320 g/mol. The van der Waals surface area contributed by atoms with Crippen molar-refractivity contribution < 1.29 is 18.1 Å². The number of carbonyl (C=O) groups is 1. The molecule has 0 bridgehead atoms. The van der Waals surface area contributed by atoms with Crippen LogP contribution in [0.3, 0.4) is 0 Å². The molecule has 0 saturated carbocycles. The highest BCUT2D eigenvalue weighted by Crippen LogP contribution is 2.26. The second-order valence-corrected chi connectivity index (χ2v) is 7.53. The SMILES string of the molecule is CN(C(=O)c1ccc(Cl)c([N+](=O)[O-])c1)[C@H]1CCS(=O)(=O)C1. The Morgan fingerprint density at radius 3 is 2.67 bits per heavy atom. The van der Waals surface area contributed by atoms with Gasteiger partial charge in [0.2, 0.25) is 0 Å². The fourth-order valence-electron chi connectivity index (χ4n) is 2.24. The van der Waals surface area contributed by atoms with E-state index in [-0.39, 0.29) is 27.8 Å². The second-order valence-electron chi connectivity index (χ2n) is 4.90. The number of carbonyl (C=O) groups excluding carboxylic acids is 1. The number of hydrogen-bond acceptors (Lipinski definition) is 5. The average Bonchev–Trinajstić information content (AvgIpc) is 2.77. The first-order valence-electron chi connectivity index (χ1n) is 6.13. The van der Waals surface area contributed by atoms with Crippen molar-refractivity contribution in [3.8, 4) is 0 Å². The van der Waals surface area contributed by atoms with Crippen LogP contribution in [0.1, 0.15) is 16.8 Å². The van der Waals surface area contributed by atoms with Gasteiger partial charge in [-0.2, -0.15) is 0 Å². The summed E-state index contributed by atoms with van der Waals surface area (Å²) in [6.45, 7) is 0. The van der Waals surface area contributed by atoms with Crippen LogP contribution in [0.15, 0.2) is 18.2 Å². The Morgan fingerprint density at radius 1 is 1.48 bits per heavy atom. The number of nitro benzene ring substituents is 1. The highest BCUT2D eigenvalue weighted by molar-refractivity contribution is 7.91. The molecule has 7 nitrogen and oxygen atoms in total.